The second-order valence-electron chi connectivity index (χ2n) is 6.59. The van der Waals surface area contributed by atoms with Crippen molar-refractivity contribution < 1.29 is 12.8 Å². The maximum atomic E-state index is 13.2. The van der Waals surface area contributed by atoms with Gasteiger partial charge in [-0.3, -0.25) is 0 Å². The Balaban J connectivity index is 1.58. The summed E-state index contributed by atoms with van der Waals surface area (Å²) in [5.74, 6) is 1.78. The highest BCUT2D eigenvalue weighted by Crippen LogP contribution is 2.20. The number of rotatable bonds is 7. The van der Waals surface area contributed by atoms with Crippen LogP contribution in [-0.2, 0) is 10.0 Å². The van der Waals surface area contributed by atoms with Gasteiger partial charge in [0.2, 0.25) is 10.0 Å². The third kappa shape index (κ3) is 4.92. The van der Waals surface area contributed by atoms with E-state index in [0.717, 1.165) is 37.8 Å². The fraction of sp³-hybridized carbons (Fsp3) is 0.444. The minimum Gasteiger partial charge on any atom is -0.369 e. The summed E-state index contributed by atoms with van der Waals surface area (Å²) in [7, 11) is -3.69. The average molecular weight is 393 g/mol. The topological polar surface area (TPSA) is 87.2 Å². The van der Waals surface area contributed by atoms with E-state index in [1.165, 1.54) is 12.1 Å². The van der Waals surface area contributed by atoms with Crippen molar-refractivity contribution in [1.29, 1.82) is 0 Å². The van der Waals surface area contributed by atoms with Crippen LogP contribution in [0.5, 0.6) is 0 Å². The van der Waals surface area contributed by atoms with Gasteiger partial charge in [0.25, 0.3) is 0 Å². The molecule has 1 aromatic carbocycles. The van der Waals surface area contributed by atoms with Gasteiger partial charge in [-0.05, 0) is 50.5 Å². The number of hydrogen-bond acceptors (Lipinski definition) is 6. The monoisotopic (exact) mass is 393 g/mol. The van der Waals surface area contributed by atoms with Gasteiger partial charge in [-0.25, -0.2) is 27.5 Å². The molecule has 1 aliphatic heterocycles. The predicted octanol–water partition coefficient (Wildman–Crippen LogP) is 2.22. The van der Waals surface area contributed by atoms with E-state index < -0.39 is 15.8 Å². The molecule has 1 saturated heterocycles. The lowest BCUT2D eigenvalue weighted by molar-refractivity contribution is 0.581. The number of sulfonamides is 1. The molecule has 2 N–H and O–H groups in total. The fourth-order valence-electron chi connectivity index (χ4n) is 3.12. The molecular formula is C18H24FN5O2S. The molecule has 9 heteroatoms. The number of benzene rings is 1. The number of hydrogen-bond donors (Lipinski definition) is 2. The van der Waals surface area contributed by atoms with Gasteiger partial charge in [0.05, 0.1) is 4.90 Å². The number of nitrogens with zero attached hydrogens (tertiary/aromatic N) is 3. The Hall–Kier alpha value is -2.26. The van der Waals surface area contributed by atoms with Gasteiger partial charge in [-0.1, -0.05) is 0 Å². The highest BCUT2D eigenvalue weighted by Gasteiger charge is 2.17. The standard InChI is InChI=1S/C18H24FN5O2S/c1-13-11-15(19)5-6-16(13)27(25,26)21-8-7-20-17-12-18(23-14(2)22-17)24-9-3-4-10-24/h5-6,11-12,21H,3-4,7-10H2,1-2H3,(H,20,22,23). The Morgan fingerprint density at radius 2 is 1.85 bits per heavy atom. The quantitative estimate of drug-likeness (QED) is 0.702. The van der Waals surface area contributed by atoms with Gasteiger partial charge in [-0.2, -0.15) is 0 Å². The van der Waals surface area contributed by atoms with Crippen molar-refractivity contribution in [1.82, 2.24) is 14.7 Å². The van der Waals surface area contributed by atoms with Crippen molar-refractivity contribution in [3.8, 4) is 0 Å². The van der Waals surface area contributed by atoms with E-state index in [9.17, 15) is 12.8 Å². The van der Waals surface area contributed by atoms with Crippen LogP contribution >= 0.6 is 0 Å². The molecule has 1 fully saturated rings. The lowest BCUT2D eigenvalue weighted by Gasteiger charge is -2.18. The maximum Gasteiger partial charge on any atom is 0.240 e. The normalized spacial score (nSPS) is 14.6. The van der Waals surface area contributed by atoms with Crippen LogP contribution < -0.4 is 14.9 Å². The third-order valence-corrected chi connectivity index (χ3v) is 6.03. The first-order valence-corrected chi connectivity index (χ1v) is 10.4. The first kappa shape index (κ1) is 19.5. The molecule has 0 atom stereocenters. The number of anilines is 2. The Bertz CT molecular complexity index is 914. The predicted molar refractivity (Wildman–Crippen MR) is 103 cm³/mol. The molecule has 3 rings (SSSR count). The van der Waals surface area contributed by atoms with Gasteiger partial charge in [0.1, 0.15) is 23.3 Å². The van der Waals surface area contributed by atoms with Crippen LogP contribution in [0, 0.1) is 19.7 Å². The van der Waals surface area contributed by atoms with E-state index in [1.54, 1.807) is 6.92 Å². The van der Waals surface area contributed by atoms with Crippen LogP contribution in [0.4, 0.5) is 16.0 Å². The molecule has 0 bridgehead atoms. The van der Waals surface area contributed by atoms with Crippen LogP contribution in [-0.4, -0.2) is 44.6 Å². The van der Waals surface area contributed by atoms with Crippen LogP contribution in [0.25, 0.3) is 0 Å². The van der Waals surface area contributed by atoms with E-state index in [-0.39, 0.29) is 11.4 Å². The number of halogens is 1. The maximum absolute atomic E-state index is 13.2. The minimum atomic E-state index is -3.69. The zero-order chi connectivity index (χ0) is 19.4. The Morgan fingerprint density at radius 3 is 2.56 bits per heavy atom. The summed E-state index contributed by atoms with van der Waals surface area (Å²) < 4.78 is 40.4. The zero-order valence-corrected chi connectivity index (χ0v) is 16.3. The number of nitrogens with one attached hydrogen (secondary N) is 2. The summed E-state index contributed by atoms with van der Waals surface area (Å²) in [6, 6.07) is 5.51. The van der Waals surface area contributed by atoms with Crippen molar-refractivity contribution in [2.75, 3.05) is 36.4 Å². The molecule has 1 aromatic heterocycles. The molecular weight excluding hydrogens is 369 g/mol. The van der Waals surface area contributed by atoms with E-state index in [0.29, 0.717) is 23.8 Å². The first-order chi connectivity index (χ1) is 12.8. The molecule has 2 heterocycles. The largest absolute Gasteiger partial charge is 0.369 e. The molecule has 146 valence electrons. The SMILES string of the molecule is Cc1nc(NCCNS(=O)(=O)c2ccc(F)cc2C)cc(N2CCCC2)n1. The highest BCUT2D eigenvalue weighted by molar-refractivity contribution is 7.89. The van der Waals surface area contributed by atoms with E-state index in [1.807, 2.05) is 13.0 Å². The molecule has 0 radical (unpaired) electrons. The smallest absolute Gasteiger partial charge is 0.240 e. The summed E-state index contributed by atoms with van der Waals surface area (Å²) in [5.41, 5.74) is 0.372. The molecule has 1 aliphatic rings. The van der Waals surface area contributed by atoms with Crippen LogP contribution in [0.15, 0.2) is 29.2 Å². The molecule has 0 spiro atoms. The Kier molecular flexibility index (Phi) is 5.91. The lowest BCUT2D eigenvalue weighted by atomic mass is 10.2. The fourth-order valence-corrected chi connectivity index (χ4v) is 4.38. The second kappa shape index (κ2) is 8.18. The average Bonchev–Trinajstić information content (AvgIpc) is 3.12. The van der Waals surface area contributed by atoms with Crippen LogP contribution in [0.3, 0.4) is 0 Å². The molecule has 2 aromatic rings. The first-order valence-electron chi connectivity index (χ1n) is 8.95. The van der Waals surface area contributed by atoms with E-state index in [2.05, 4.69) is 24.9 Å². The second-order valence-corrected chi connectivity index (χ2v) is 8.32. The summed E-state index contributed by atoms with van der Waals surface area (Å²) in [6.45, 7) is 5.94. The highest BCUT2D eigenvalue weighted by atomic mass is 32.2. The van der Waals surface area contributed by atoms with Crippen molar-refractivity contribution in [3.05, 3.63) is 41.5 Å². The lowest BCUT2D eigenvalue weighted by Crippen LogP contribution is -2.29. The number of aryl methyl sites for hydroxylation is 2. The Labute approximate surface area is 159 Å². The summed E-state index contributed by atoms with van der Waals surface area (Å²) in [5, 5.41) is 3.13. The minimum absolute atomic E-state index is 0.0816. The van der Waals surface area contributed by atoms with Gasteiger partial charge in [0, 0.05) is 32.2 Å². The third-order valence-electron chi connectivity index (χ3n) is 4.40. The van der Waals surface area contributed by atoms with E-state index in [4.69, 9.17) is 0 Å². The van der Waals surface area contributed by atoms with Gasteiger partial charge in [0.15, 0.2) is 0 Å². The molecule has 0 saturated carbocycles. The van der Waals surface area contributed by atoms with Gasteiger partial charge < -0.3 is 10.2 Å². The van der Waals surface area contributed by atoms with E-state index >= 15 is 0 Å². The number of aromatic nitrogens is 2. The van der Waals surface area contributed by atoms with Gasteiger partial charge >= 0.3 is 0 Å². The summed E-state index contributed by atoms with van der Waals surface area (Å²) in [6.07, 6.45) is 2.33. The molecule has 27 heavy (non-hydrogen) atoms. The van der Waals surface area contributed by atoms with Crippen LogP contribution in [0.2, 0.25) is 0 Å². The molecule has 0 amide bonds. The molecule has 0 aliphatic carbocycles. The summed E-state index contributed by atoms with van der Waals surface area (Å²) >= 11 is 0. The van der Waals surface area contributed by atoms with Crippen molar-refractivity contribution in [2.45, 2.75) is 31.6 Å². The van der Waals surface area contributed by atoms with Crippen LogP contribution in [0.1, 0.15) is 24.2 Å². The van der Waals surface area contributed by atoms with Crippen molar-refractivity contribution in [3.63, 3.8) is 0 Å². The van der Waals surface area contributed by atoms with Crippen molar-refractivity contribution >= 4 is 21.7 Å². The summed E-state index contributed by atoms with van der Waals surface area (Å²) in [4.78, 5) is 11.1. The Morgan fingerprint density at radius 1 is 1.11 bits per heavy atom. The zero-order valence-electron chi connectivity index (χ0n) is 15.5. The molecule has 0 unspecified atom stereocenters. The van der Waals surface area contributed by atoms with Gasteiger partial charge in [-0.15, -0.1) is 0 Å². The van der Waals surface area contributed by atoms with Crippen molar-refractivity contribution in [2.24, 2.45) is 0 Å². The molecule has 7 nitrogen and oxygen atoms in total.